The number of aromatic nitrogens is 1. The highest BCUT2D eigenvalue weighted by Crippen LogP contribution is 2.19. The highest BCUT2D eigenvalue weighted by Gasteiger charge is 2.09. The fraction of sp³-hybridized carbons (Fsp3) is 0.136. The summed E-state index contributed by atoms with van der Waals surface area (Å²) in [5.41, 5.74) is 4.71. The van der Waals surface area contributed by atoms with E-state index in [0.717, 1.165) is 16.8 Å². The fourth-order valence-electron chi connectivity index (χ4n) is 2.81. The molecule has 0 aliphatic heterocycles. The Labute approximate surface area is 163 Å². The van der Waals surface area contributed by atoms with Crippen LogP contribution in [0.4, 0.5) is 17.2 Å². The number of carbonyl (C=O) groups excluding carboxylic acids is 2. The molecule has 0 spiro atoms. The van der Waals surface area contributed by atoms with Crippen molar-refractivity contribution in [2.75, 3.05) is 17.7 Å². The van der Waals surface area contributed by atoms with Gasteiger partial charge in [-0.15, -0.1) is 0 Å². The largest absolute Gasteiger partial charge is 0.465 e. The number of rotatable bonds is 5. The second-order valence-electron chi connectivity index (χ2n) is 6.46. The van der Waals surface area contributed by atoms with Crippen molar-refractivity contribution < 1.29 is 14.3 Å². The van der Waals surface area contributed by atoms with Crippen LogP contribution in [0.5, 0.6) is 0 Å². The molecule has 0 atom stereocenters. The minimum absolute atomic E-state index is 0.281. The smallest absolute Gasteiger partial charge is 0.337 e. The Bertz CT molecular complexity index is 976. The van der Waals surface area contributed by atoms with Crippen molar-refractivity contribution in [2.24, 2.45) is 0 Å². The molecule has 2 aromatic carbocycles. The topological polar surface area (TPSA) is 80.3 Å². The molecule has 142 valence electrons. The number of esters is 1. The summed E-state index contributed by atoms with van der Waals surface area (Å²) in [4.78, 5) is 28.1. The van der Waals surface area contributed by atoms with Crippen LogP contribution in [0.2, 0.25) is 0 Å². The third-order valence-corrected chi connectivity index (χ3v) is 4.08. The number of hydrogen-bond donors (Lipinski definition) is 2. The van der Waals surface area contributed by atoms with E-state index in [4.69, 9.17) is 0 Å². The van der Waals surface area contributed by atoms with Crippen LogP contribution in [0.1, 0.15) is 31.8 Å². The van der Waals surface area contributed by atoms with Gasteiger partial charge in [0, 0.05) is 17.6 Å². The summed E-state index contributed by atoms with van der Waals surface area (Å²) in [6, 6.07) is 16.1. The van der Waals surface area contributed by atoms with Crippen molar-refractivity contribution in [2.45, 2.75) is 13.8 Å². The molecule has 6 nitrogen and oxygen atoms in total. The number of hydrogen-bond acceptors (Lipinski definition) is 5. The molecule has 6 heteroatoms. The number of nitrogens with zero attached hydrogens (tertiary/aromatic N) is 1. The summed E-state index contributed by atoms with van der Waals surface area (Å²) in [5.74, 6) is -0.0470. The third-order valence-electron chi connectivity index (χ3n) is 4.08. The molecule has 0 saturated heterocycles. The van der Waals surface area contributed by atoms with Crippen LogP contribution in [0.25, 0.3) is 0 Å². The van der Waals surface area contributed by atoms with Gasteiger partial charge in [0.2, 0.25) is 0 Å². The van der Waals surface area contributed by atoms with E-state index in [1.54, 1.807) is 36.4 Å². The van der Waals surface area contributed by atoms with Crippen molar-refractivity contribution >= 4 is 29.1 Å². The molecule has 1 heterocycles. The maximum Gasteiger partial charge on any atom is 0.337 e. The number of nitrogens with one attached hydrogen (secondary N) is 2. The van der Waals surface area contributed by atoms with Crippen molar-refractivity contribution in [3.8, 4) is 0 Å². The molecule has 0 radical (unpaired) electrons. The number of amides is 1. The lowest BCUT2D eigenvalue weighted by Crippen LogP contribution is -2.12. The van der Waals surface area contributed by atoms with Crippen molar-refractivity contribution in [3.05, 3.63) is 83.0 Å². The molecule has 1 aromatic heterocycles. The van der Waals surface area contributed by atoms with E-state index in [-0.39, 0.29) is 5.91 Å². The molecule has 0 aliphatic rings. The van der Waals surface area contributed by atoms with Gasteiger partial charge in [-0.25, -0.2) is 9.78 Å². The summed E-state index contributed by atoms with van der Waals surface area (Å²) < 4.78 is 4.65. The van der Waals surface area contributed by atoms with Gasteiger partial charge in [0.1, 0.15) is 5.82 Å². The number of aryl methyl sites for hydroxylation is 2. The number of anilines is 3. The minimum Gasteiger partial charge on any atom is -0.465 e. The van der Waals surface area contributed by atoms with Gasteiger partial charge in [-0.3, -0.25) is 4.79 Å². The van der Waals surface area contributed by atoms with E-state index in [9.17, 15) is 9.59 Å². The Morgan fingerprint density at radius 2 is 1.50 bits per heavy atom. The predicted octanol–water partition coefficient (Wildman–Crippen LogP) is 4.48. The molecule has 2 N–H and O–H groups in total. The van der Waals surface area contributed by atoms with Crippen LogP contribution < -0.4 is 10.6 Å². The number of methoxy groups -OCH3 is 1. The zero-order valence-electron chi connectivity index (χ0n) is 15.9. The quantitative estimate of drug-likeness (QED) is 0.643. The molecule has 0 unspecified atom stereocenters. The van der Waals surface area contributed by atoms with Gasteiger partial charge in [0.25, 0.3) is 5.91 Å². The van der Waals surface area contributed by atoms with Gasteiger partial charge in [0.15, 0.2) is 0 Å². The lowest BCUT2D eigenvalue weighted by Gasteiger charge is -2.09. The molecule has 0 fully saturated rings. The second kappa shape index (κ2) is 8.35. The molecule has 0 aliphatic carbocycles. The standard InChI is InChI=1S/C22H21N3O3/c1-14-10-15(2)12-19(11-14)24-20-9-6-17(13-23-20)21(26)25-18-7-4-16(5-8-18)22(27)28-3/h4-13H,1-3H3,(H,23,24)(H,25,26). The number of pyridine rings is 1. The van der Waals surface area contributed by atoms with Crippen LogP contribution in [0.3, 0.4) is 0 Å². The molecular formula is C22H21N3O3. The van der Waals surface area contributed by atoms with Crippen molar-refractivity contribution in [1.29, 1.82) is 0 Å². The Balaban J connectivity index is 1.65. The van der Waals surface area contributed by atoms with Crippen molar-refractivity contribution in [1.82, 2.24) is 4.98 Å². The second-order valence-corrected chi connectivity index (χ2v) is 6.46. The molecule has 0 saturated carbocycles. The maximum atomic E-state index is 12.4. The first-order chi connectivity index (χ1) is 13.4. The first-order valence-electron chi connectivity index (χ1n) is 8.76. The van der Waals surface area contributed by atoms with Crippen LogP contribution in [0.15, 0.2) is 60.8 Å². The Morgan fingerprint density at radius 1 is 0.857 bits per heavy atom. The molecule has 28 heavy (non-hydrogen) atoms. The molecular weight excluding hydrogens is 354 g/mol. The lowest BCUT2D eigenvalue weighted by molar-refractivity contribution is 0.0600. The van der Waals surface area contributed by atoms with E-state index >= 15 is 0 Å². The highest BCUT2D eigenvalue weighted by atomic mass is 16.5. The molecule has 0 bridgehead atoms. The van der Waals surface area contributed by atoms with E-state index < -0.39 is 5.97 Å². The van der Waals surface area contributed by atoms with E-state index in [1.807, 2.05) is 26.0 Å². The van der Waals surface area contributed by atoms with E-state index in [0.29, 0.717) is 22.6 Å². The SMILES string of the molecule is COC(=O)c1ccc(NC(=O)c2ccc(Nc3cc(C)cc(C)c3)nc2)cc1. The van der Waals surface area contributed by atoms with Crippen LogP contribution >= 0.6 is 0 Å². The third kappa shape index (κ3) is 4.73. The number of benzene rings is 2. The fourth-order valence-corrected chi connectivity index (χ4v) is 2.81. The average molecular weight is 375 g/mol. The Kier molecular flexibility index (Phi) is 5.69. The Hall–Kier alpha value is -3.67. The summed E-state index contributed by atoms with van der Waals surface area (Å²) in [6.45, 7) is 4.08. The van der Waals surface area contributed by atoms with Crippen LogP contribution in [0, 0.1) is 13.8 Å². The molecule has 3 rings (SSSR count). The molecule has 3 aromatic rings. The molecule has 1 amide bonds. The van der Waals surface area contributed by atoms with E-state index in [2.05, 4.69) is 26.4 Å². The number of carbonyl (C=O) groups is 2. The normalized spacial score (nSPS) is 10.2. The minimum atomic E-state index is -0.422. The first-order valence-corrected chi connectivity index (χ1v) is 8.76. The number of ether oxygens (including phenoxy) is 1. The summed E-state index contributed by atoms with van der Waals surface area (Å²) in [5, 5.41) is 6.01. The van der Waals surface area contributed by atoms with Crippen LogP contribution in [-0.2, 0) is 4.74 Å². The van der Waals surface area contributed by atoms with Gasteiger partial charge in [-0.2, -0.15) is 0 Å². The van der Waals surface area contributed by atoms with Gasteiger partial charge >= 0.3 is 5.97 Å². The monoisotopic (exact) mass is 375 g/mol. The average Bonchev–Trinajstić information content (AvgIpc) is 2.67. The summed E-state index contributed by atoms with van der Waals surface area (Å²) >= 11 is 0. The maximum absolute atomic E-state index is 12.4. The zero-order valence-corrected chi connectivity index (χ0v) is 15.9. The van der Waals surface area contributed by atoms with Gasteiger partial charge in [-0.05, 0) is 73.5 Å². The summed E-state index contributed by atoms with van der Waals surface area (Å²) in [7, 11) is 1.32. The van der Waals surface area contributed by atoms with Crippen LogP contribution in [-0.4, -0.2) is 24.0 Å². The zero-order chi connectivity index (χ0) is 20.1. The van der Waals surface area contributed by atoms with Gasteiger partial charge in [-0.1, -0.05) is 6.07 Å². The lowest BCUT2D eigenvalue weighted by atomic mass is 10.1. The summed E-state index contributed by atoms with van der Waals surface area (Å²) in [6.07, 6.45) is 1.52. The van der Waals surface area contributed by atoms with Gasteiger partial charge in [0.05, 0.1) is 18.2 Å². The Morgan fingerprint density at radius 3 is 2.07 bits per heavy atom. The predicted molar refractivity (Wildman–Crippen MR) is 109 cm³/mol. The van der Waals surface area contributed by atoms with Crippen molar-refractivity contribution in [3.63, 3.8) is 0 Å². The van der Waals surface area contributed by atoms with E-state index in [1.165, 1.54) is 13.3 Å². The van der Waals surface area contributed by atoms with Gasteiger partial charge < -0.3 is 15.4 Å². The first kappa shape index (κ1) is 19.1. The highest BCUT2D eigenvalue weighted by molar-refractivity contribution is 6.04.